The molecule has 5 rings (SSSR count). The van der Waals surface area contributed by atoms with Gasteiger partial charge in [-0.2, -0.15) is 5.10 Å². The van der Waals surface area contributed by atoms with Gasteiger partial charge in [-0.1, -0.05) is 12.1 Å². The third-order valence-electron chi connectivity index (χ3n) is 8.58. The highest BCUT2D eigenvalue weighted by molar-refractivity contribution is 5.94. The van der Waals surface area contributed by atoms with E-state index in [1.54, 1.807) is 9.58 Å². The number of hydrogen-bond acceptors (Lipinski definition) is 6. The van der Waals surface area contributed by atoms with E-state index < -0.39 is 6.61 Å². The molecule has 0 saturated carbocycles. The maximum Gasteiger partial charge on any atom is 0.274 e. The molecule has 0 bridgehead atoms. The monoisotopic (exact) mass is 536 g/mol. The first-order valence-corrected chi connectivity index (χ1v) is 14.2. The Morgan fingerprint density at radius 1 is 0.974 bits per heavy atom. The fourth-order valence-electron chi connectivity index (χ4n) is 6.13. The van der Waals surface area contributed by atoms with Gasteiger partial charge in [0.25, 0.3) is 5.91 Å². The number of nitrogens with zero attached hydrogens (tertiary/aromatic N) is 5. The molecule has 10 heteroatoms. The number of piperazine rings is 1. The quantitative estimate of drug-likeness (QED) is 0.578. The van der Waals surface area contributed by atoms with E-state index in [-0.39, 0.29) is 30.3 Å². The number of fused-ring (bicyclic) bond motifs is 1. The van der Waals surface area contributed by atoms with Crippen LogP contribution in [0.25, 0.3) is 0 Å². The summed E-state index contributed by atoms with van der Waals surface area (Å²) in [5.41, 5.74) is 6.31. The first-order chi connectivity index (χ1) is 18.9. The molecule has 210 valence electrons. The SMILES string of the molecule is Cc1cccc(N2CCN(C(=O)Cn3nc(C(=O)N4CCC(NC(=O)CO)CC4)c4c3CCCC4)CC2)c1C. The zero-order valence-electron chi connectivity index (χ0n) is 23.1. The molecular formula is C29H40N6O4. The van der Waals surface area contributed by atoms with Gasteiger partial charge in [0, 0.05) is 62.3 Å². The summed E-state index contributed by atoms with van der Waals surface area (Å²) >= 11 is 0. The number of aliphatic hydroxyl groups excluding tert-OH is 1. The molecule has 2 aliphatic heterocycles. The smallest absolute Gasteiger partial charge is 0.274 e. The van der Waals surface area contributed by atoms with Crippen LogP contribution < -0.4 is 10.2 Å². The van der Waals surface area contributed by atoms with Gasteiger partial charge < -0.3 is 25.1 Å². The van der Waals surface area contributed by atoms with Crippen molar-refractivity contribution < 1.29 is 19.5 Å². The number of amides is 3. The minimum Gasteiger partial charge on any atom is -0.387 e. The molecule has 39 heavy (non-hydrogen) atoms. The maximum absolute atomic E-state index is 13.5. The molecule has 1 aromatic carbocycles. The summed E-state index contributed by atoms with van der Waals surface area (Å²) in [5, 5.41) is 16.5. The fraction of sp³-hybridized carbons (Fsp3) is 0.586. The number of anilines is 1. The van der Waals surface area contributed by atoms with Gasteiger partial charge in [0.05, 0.1) is 0 Å². The Hall–Kier alpha value is -3.40. The number of aryl methyl sites for hydroxylation is 1. The van der Waals surface area contributed by atoms with Crippen molar-refractivity contribution in [1.29, 1.82) is 0 Å². The number of likely N-dealkylation sites (tertiary alicyclic amines) is 1. The van der Waals surface area contributed by atoms with E-state index in [1.807, 2.05) is 4.90 Å². The molecule has 3 heterocycles. The Morgan fingerprint density at radius 2 is 1.69 bits per heavy atom. The number of carbonyl (C=O) groups is 3. The molecule has 10 nitrogen and oxygen atoms in total. The van der Waals surface area contributed by atoms with Crippen LogP contribution in [-0.4, -0.2) is 94.3 Å². The molecule has 1 aromatic heterocycles. The van der Waals surface area contributed by atoms with Crippen LogP contribution in [0.15, 0.2) is 18.2 Å². The lowest BCUT2D eigenvalue weighted by Crippen LogP contribution is -2.50. The second kappa shape index (κ2) is 11.8. The van der Waals surface area contributed by atoms with Crippen LogP contribution in [0.3, 0.4) is 0 Å². The van der Waals surface area contributed by atoms with Crippen LogP contribution in [0.1, 0.15) is 58.6 Å². The van der Waals surface area contributed by atoms with Crippen molar-refractivity contribution >= 4 is 23.4 Å². The number of piperidine rings is 1. The zero-order chi connectivity index (χ0) is 27.5. The van der Waals surface area contributed by atoms with E-state index in [4.69, 9.17) is 10.2 Å². The summed E-state index contributed by atoms with van der Waals surface area (Å²) in [6.45, 7) is 7.91. The Balaban J connectivity index is 1.23. The molecular weight excluding hydrogens is 496 g/mol. The van der Waals surface area contributed by atoms with Crippen LogP contribution in [0.4, 0.5) is 5.69 Å². The van der Waals surface area contributed by atoms with Gasteiger partial charge in [0.1, 0.15) is 13.2 Å². The van der Waals surface area contributed by atoms with E-state index >= 15 is 0 Å². The first-order valence-electron chi connectivity index (χ1n) is 14.2. The molecule has 0 unspecified atom stereocenters. The maximum atomic E-state index is 13.5. The number of hydrogen-bond donors (Lipinski definition) is 2. The van der Waals surface area contributed by atoms with Crippen molar-refractivity contribution in [2.24, 2.45) is 0 Å². The van der Waals surface area contributed by atoms with Gasteiger partial charge in [-0.15, -0.1) is 0 Å². The van der Waals surface area contributed by atoms with E-state index in [2.05, 4.69) is 42.3 Å². The lowest BCUT2D eigenvalue weighted by atomic mass is 9.95. The van der Waals surface area contributed by atoms with Crippen LogP contribution in [0, 0.1) is 13.8 Å². The highest BCUT2D eigenvalue weighted by Gasteiger charge is 2.32. The molecule has 0 spiro atoms. The van der Waals surface area contributed by atoms with Gasteiger partial charge in [-0.05, 0) is 69.6 Å². The van der Waals surface area contributed by atoms with E-state index in [0.717, 1.165) is 50.0 Å². The van der Waals surface area contributed by atoms with Gasteiger partial charge in [-0.25, -0.2) is 0 Å². The number of nitrogens with one attached hydrogen (secondary N) is 1. The van der Waals surface area contributed by atoms with Crippen LogP contribution in [0.2, 0.25) is 0 Å². The Bertz CT molecular complexity index is 1220. The fourth-order valence-corrected chi connectivity index (χ4v) is 6.13. The van der Waals surface area contributed by atoms with E-state index in [9.17, 15) is 14.4 Å². The highest BCUT2D eigenvalue weighted by Crippen LogP contribution is 2.27. The summed E-state index contributed by atoms with van der Waals surface area (Å²) in [4.78, 5) is 44.4. The molecule has 0 radical (unpaired) electrons. The normalized spacial score (nSPS) is 18.2. The van der Waals surface area contributed by atoms with Crippen LogP contribution >= 0.6 is 0 Å². The molecule has 1 aliphatic carbocycles. The van der Waals surface area contributed by atoms with Crippen molar-refractivity contribution in [2.45, 2.75) is 65.0 Å². The molecule has 2 N–H and O–H groups in total. The van der Waals surface area contributed by atoms with Crippen molar-refractivity contribution in [2.75, 3.05) is 50.8 Å². The number of carbonyl (C=O) groups excluding carboxylic acids is 3. The third kappa shape index (κ3) is 5.80. The topological polar surface area (TPSA) is 111 Å². The molecule has 3 aliphatic rings. The van der Waals surface area contributed by atoms with Crippen LogP contribution in [-0.2, 0) is 29.0 Å². The van der Waals surface area contributed by atoms with Gasteiger partial charge >= 0.3 is 0 Å². The van der Waals surface area contributed by atoms with Crippen LogP contribution in [0.5, 0.6) is 0 Å². The van der Waals surface area contributed by atoms with Gasteiger partial charge in [-0.3, -0.25) is 19.1 Å². The number of aromatic nitrogens is 2. The predicted octanol–water partition coefficient (Wildman–Crippen LogP) is 1.44. The predicted molar refractivity (Wildman–Crippen MR) is 148 cm³/mol. The van der Waals surface area contributed by atoms with Crippen molar-refractivity contribution in [1.82, 2.24) is 24.9 Å². The zero-order valence-corrected chi connectivity index (χ0v) is 23.1. The molecule has 0 atom stereocenters. The van der Waals surface area contributed by atoms with Crippen molar-refractivity contribution in [3.05, 3.63) is 46.3 Å². The minimum atomic E-state index is -0.524. The first kappa shape index (κ1) is 27.2. The second-order valence-corrected chi connectivity index (χ2v) is 11.0. The minimum absolute atomic E-state index is 0.0342. The number of aliphatic hydroxyl groups is 1. The standard InChI is InChI=1S/C29H40N6O4/c1-20-6-5-9-24(21(20)2)32-14-16-33(17-15-32)27(38)18-35-25-8-4-3-7-23(25)28(31-35)29(39)34-12-10-22(11-13-34)30-26(37)19-36/h5-6,9,22,36H,3-4,7-8,10-19H2,1-2H3,(H,30,37). The third-order valence-corrected chi connectivity index (χ3v) is 8.58. The Morgan fingerprint density at radius 3 is 2.41 bits per heavy atom. The molecule has 2 fully saturated rings. The molecule has 2 saturated heterocycles. The summed E-state index contributed by atoms with van der Waals surface area (Å²) < 4.78 is 1.79. The van der Waals surface area contributed by atoms with Crippen molar-refractivity contribution in [3.8, 4) is 0 Å². The lowest BCUT2D eigenvalue weighted by molar-refractivity contribution is -0.132. The largest absolute Gasteiger partial charge is 0.387 e. The van der Waals surface area contributed by atoms with Gasteiger partial charge in [0.15, 0.2) is 5.69 Å². The second-order valence-electron chi connectivity index (χ2n) is 11.0. The average molecular weight is 537 g/mol. The Labute approximate surface area is 229 Å². The van der Waals surface area contributed by atoms with E-state index in [0.29, 0.717) is 44.7 Å². The lowest BCUT2D eigenvalue weighted by Gasteiger charge is -2.37. The summed E-state index contributed by atoms with van der Waals surface area (Å²) in [5.74, 6) is -0.428. The summed E-state index contributed by atoms with van der Waals surface area (Å²) in [7, 11) is 0. The molecule has 3 amide bonds. The number of rotatable bonds is 6. The average Bonchev–Trinajstić information content (AvgIpc) is 3.32. The molecule has 2 aromatic rings. The highest BCUT2D eigenvalue weighted by atomic mass is 16.3. The summed E-state index contributed by atoms with van der Waals surface area (Å²) in [6.07, 6.45) is 4.98. The van der Waals surface area contributed by atoms with Gasteiger partial charge in [0.2, 0.25) is 11.8 Å². The Kier molecular flexibility index (Phi) is 8.20. The van der Waals surface area contributed by atoms with Crippen molar-refractivity contribution in [3.63, 3.8) is 0 Å². The van der Waals surface area contributed by atoms with E-state index in [1.165, 1.54) is 16.8 Å². The summed E-state index contributed by atoms with van der Waals surface area (Å²) in [6, 6.07) is 6.34. The number of benzene rings is 1.